The third kappa shape index (κ3) is 4.43. The van der Waals surface area contributed by atoms with Crippen molar-refractivity contribution in [3.8, 4) is 11.4 Å². The zero-order chi connectivity index (χ0) is 18.5. The molecule has 3 aromatic rings. The first kappa shape index (κ1) is 18.4. The van der Waals surface area contributed by atoms with Gasteiger partial charge >= 0.3 is 0 Å². The van der Waals surface area contributed by atoms with Crippen LogP contribution in [0, 0.1) is 17.4 Å². The van der Waals surface area contributed by atoms with Gasteiger partial charge in [0, 0.05) is 21.4 Å². The Kier molecular flexibility index (Phi) is 5.92. The number of carbonyl (C=O) groups is 1. The third-order valence-corrected chi connectivity index (χ3v) is 4.81. The number of benzene rings is 2. The number of amides is 1. The van der Waals surface area contributed by atoms with Crippen molar-refractivity contribution >= 4 is 28.5 Å². The number of para-hydroxylation sites is 1. The molecule has 1 aromatic heterocycles. The van der Waals surface area contributed by atoms with Crippen molar-refractivity contribution in [2.24, 2.45) is 0 Å². The lowest BCUT2D eigenvalue weighted by atomic mass is 10.2. The molecule has 0 aliphatic rings. The fraction of sp³-hybridized carbons (Fsp3) is 0.200. The van der Waals surface area contributed by atoms with Crippen molar-refractivity contribution in [2.75, 3.05) is 6.61 Å². The van der Waals surface area contributed by atoms with Crippen molar-refractivity contribution in [1.29, 1.82) is 0 Å². The third-order valence-electron chi connectivity index (χ3n) is 4.09. The first-order valence-corrected chi connectivity index (χ1v) is 9.38. The number of carbonyl (C=O) groups excluding carboxylic acids is 1. The average molecular weight is 461 g/mol. The second kappa shape index (κ2) is 8.35. The van der Waals surface area contributed by atoms with E-state index in [0.29, 0.717) is 12.3 Å². The van der Waals surface area contributed by atoms with Crippen molar-refractivity contribution in [2.45, 2.75) is 20.4 Å². The Balaban J connectivity index is 1.60. The lowest BCUT2D eigenvalue weighted by molar-refractivity contribution is -0.123. The Morgan fingerprint density at radius 1 is 1.12 bits per heavy atom. The van der Waals surface area contributed by atoms with E-state index in [4.69, 9.17) is 4.74 Å². The van der Waals surface area contributed by atoms with Crippen LogP contribution in [-0.2, 0) is 11.3 Å². The first-order valence-electron chi connectivity index (χ1n) is 8.30. The van der Waals surface area contributed by atoms with Crippen LogP contribution in [0.4, 0.5) is 0 Å². The molecule has 0 bridgehead atoms. The van der Waals surface area contributed by atoms with Gasteiger partial charge in [0.2, 0.25) is 0 Å². The number of rotatable bonds is 6. The van der Waals surface area contributed by atoms with Crippen LogP contribution in [0.5, 0.6) is 5.75 Å². The quantitative estimate of drug-likeness (QED) is 0.569. The van der Waals surface area contributed by atoms with E-state index >= 15 is 0 Å². The summed E-state index contributed by atoms with van der Waals surface area (Å²) in [6.45, 7) is 4.39. The number of aromatic nitrogens is 2. The Labute approximate surface area is 166 Å². The van der Waals surface area contributed by atoms with E-state index in [1.807, 2.05) is 73.1 Å². The number of hydrogen-bond acceptors (Lipinski definition) is 3. The fourth-order valence-corrected chi connectivity index (χ4v) is 3.03. The minimum absolute atomic E-state index is 0.00842. The summed E-state index contributed by atoms with van der Waals surface area (Å²) in [6, 6.07) is 17.6. The molecule has 0 fully saturated rings. The van der Waals surface area contributed by atoms with Gasteiger partial charge in [-0.3, -0.25) is 4.79 Å². The number of ether oxygens (including phenoxy) is 1. The van der Waals surface area contributed by atoms with Gasteiger partial charge in [0.05, 0.1) is 11.4 Å². The molecule has 1 N–H and O–H groups in total. The monoisotopic (exact) mass is 461 g/mol. The van der Waals surface area contributed by atoms with Crippen LogP contribution in [-0.4, -0.2) is 22.3 Å². The molecule has 0 radical (unpaired) electrons. The molecule has 0 aliphatic carbocycles. The van der Waals surface area contributed by atoms with E-state index in [9.17, 15) is 4.79 Å². The van der Waals surface area contributed by atoms with Crippen LogP contribution in [0.15, 0.2) is 54.6 Å². The van der Waals surface area contributed by atoms with E-state index in [0.717, 1.165) is 26.2 Å². The molecule has 0 unspecified atom stereocenters. The van der Waals surface area contributed by atoms with Crippen LogP contribution in [0.1, 0.15) is 17.0 Å². The highest BCUT2D eigenvalue weighted by Crippen LogP contribution is 2.17. The second-order valence-electron chi connectivity index (χ2n) is 5.92. The summed E-state index contributed by atoms with van der Waals surface area (Å²) >= 11 is 2.23. The van der Waals surface area contributed by atoms with E-state index in [1.165, 1.54) is 0 Å². The molecule has 0 aliphatic heterocycles. The highest BCUT2D eigenvalue weighted by molar-refractivity contribution is 14.1. The van der Waals surface area contributed by atoms with Crippen molar-refractivity contribution in [3.05, 3.63) is 75.1 Å². The van der Waals surface area contributed by atoms with E-state index in [1.54, 1.807) is 0 Å². The molecule has 3 rings (SSSR count). The standard InChI is InChI=1S/C20H20IN3O2/c1-14-19(15(2)24(23-14)17-6-4-3-5-7-17)12-22-20(25)13-26-18-10-8-16(21)9-11-18/h3-11H,12-13H2,1-2H3,(H,22,25). The lowest BCUT2D eigenvalue weighted by Gasteiger charge is -2.08. The summed E-state index contributed by atoms with van der Waals surface area (Å²) < 4.78 is 8.54. The summed E-state index contributed by atoms with van der Waals surface area (Å²) in [5, 5.41) is 7.50. The van der Waals surface area contributed by atoms with E-state index in [2.05, 4.69) is 33.0 Å². The molecule has 26 heavy (non-hydrogen) atoms. The maximum absolute atomic E-state index is 12.1. The van der Waals surface area contributed by atoms with E-state index < -0.39 is 0 Å². The van der Waals surface area contributed by atoms with Gasteiger partial charge in [-0.15, -0.1) is 0 Å². The summed E-state index contributed by atoms with van der Waals surface area (Å²) in [5.41, 5.74) is 3.96. The van der Waals surface area contributed by atoms with Crippen molar-refractivity contribution in [3.63, 3.8) is 0 Å². The molecule has 0 atom stereocenters. The SMILES string of the molecule is Cc1nn(-c2ccccc2)c(C)c1CNC(=O)COc1ccc(I)cc1. The summed E-state index contributed by atoms with van der Waals surface area (Å²) in [6.07, 6.45) is 0. The smallest absolute Gasteiger partial charge is 0.258 e. The molecule has 0 saturated heterocycles. The van der Waals surface area contributed by atoms with Gasteiger partial charge in [-0.25, -0.2) is 4.68 Å². The molecule has 6 heteroatoms. The summed E-state index contributed by atoms with van der Waals surface area (Å²) in [5.74, 6) is 0.527. The topological polar surface area (TPSA) is 56.2 Å². The van der Waals surface area contributed by atoms with Gasteiger partial charge in [-0.2, -0.15) is 5.10 Å². The number of aryl methyl sites for hydroxylation is 1. The Morgan fingerprint density at radius 2 is 1.81 bits per heavy atom. The molecule has 0 spiro atoms. The average Bonchev–Trinajstić information content (AvgIpc) is 2.94. The minimum atomic E-state index is -0.158. The number of nitrogens with one attached hydrogen (secondary N) is 1. The molecular weight excluding hydrogens is 441 g/mol. The predicted molar refractivity (Wildman–Crippen MR) is 110 cm³/mol. The first-order chi connectivity index (χ1) is 12.5. The van der Waals surface area contributed by atoms with Gasteiger partial charge in [0.1, 0.15) is 5.75 Å². The highest BCUT2D eigenvalue weighted by atomic mass is 127. The predicted octanol–water partition coefficient (Wildman–Crippen LogP) is 3.79. The fourth-order valence-electron chi connectivity index (χ4n) is 2.67. The molecule has 1 heterocycles. The largest absolute Gasteiger partial charge is 0.484 e. The Hall–Kier alpha value is -2.35. The Bertz CT molecular complexity index is 889. The molecule has 1 amide bonds. The van der Waals surface area contributed by atoms with Crippen LogP contribution >= 0.6 is 22.6 Å². The lowest BCUT2D eigenvalue weighted by Crippen LogP contribution is -2.28. The number of nitrogens with zero attached hydrogens (tertiary/aromatic N) is 2. The molecule has 0 saturated carbocycles. The zero-order valence-corrected chi connectivity index (χ0v) is 16.9. The van der Waals surface area contributed by atoms with Crippen LogP contribution in [0.2, 0.25) is 0 Å². The molecular formula is C20H20IN3O2. The van der Waals surface area contributed by atoms with Crippen LogP contribution in [0.3, 0.4) is 0 Å². The van der Waals surface area contributed by atoms with Gasteiger partial charge in [0.15, 0.2) is 6.61 Å². The van der Waals surface area contributed by atoms with E-state index in [-0.39, 0.29) is 12.5 Å². The van der Waals surface area contributed by atoms with Gasteiger partial charge < -0.3 is 10.1 Å². The van der Waals surface area contributed by atoms with Crippen LogP contribution in [0.25, 0.3) is 5.69 Å². The van der Waals surface area contributed by atoms with Crippen molar-refractivity contribution < 1.29 is 9.53 Å². The van der Waals surface area contributed by atoms with Crippen LogP contribution < -0.4 is 10.1 Å². The zero-order valence-electron chi connectivity index (χ0n) is 14.7. The maximum atomic E-state index is 12.1. The van der Waals surface area contributed by atoms with Crippen molar-refractivity contribution in [1.82, 2.24) is 15.1 Å². The summed E-state index contributed by atoms with van der Waals surface area (Å²) in [7, 11) is 0. The molecule has 5 nitrogen and oxygen atoms in total. The number of halogens is 1. The van der Waals surface area contributed by atoms with Gasteiger partial charge in [0.25, 0.3) is 5.91 Å². The maximum Gasteiger partial charge on any atom is 0.258 e. The minimum Gasteiger partial charge on any atom is -0.484 e. The second-order valence-corrected chi connectivity index (χ2v) is 7.16. The Morgan fingerprint density at radius 3 is 2.50 bits per heavy atom. The highest BCUT2D eigenvalue weighted by Gasteiger charge is 2.13. The molecule has 134 valence electrons. The van der Waals surface area contributed by atoms with Gasteiger partial charge in [-0.05, 0) is 72.8 Å². The normalized spacial score (nSPS) is 10.6. The van der Waals surface area contributed by atoms with Gasteiger partial charge in [-0.1, -0.05) is 18.2 Å². The number of hydrogen-bond donors (Lipinski definition) is 1. The summed E-state index contributed by atoms with van der Waals surface area (Å²) in [4.78, 5) is 12.1. The molecule has 2 aromatic carbocycles.